The standard InChI is InChI=1S/C30H23BrN8O2/c1-18(35-29(40)24-27(32)36-38-15-7-14-33-28(24)38)26-25(31)22-11-6-8-20(13-12-19-16-34-37(2)17-19)23(22)30(41)39(26)21-9-4-3-5-10-21/h3-11,14-18H,1-2H3,(H2,32,36)(H,35,40)/t18-/m0/s1. The van der Waals surface area contributed by atoms with E-state index in [-0.39, 0.29) is 16.9 Å². The van der Waals surface area contributed by atoms with Gasteiger partial charge in [-0.25, -0.2) is 9.50 Å². The molecule has 0 aliphatic rings. The van der Waals surface area contributed by atoms with Gasteiger partial charge in [-0.2, -0.15) is 5.10 Å². The zero-order valence-corrected chi connectivity index (χ0v) is 23.6. The highest BCUT2D eigenvalue weighted by Gasteiger charge is 2.26. The zero-order chi connectivity index (χ0) is 28.7. The van der Waals surface area contributed by atoms with Gasteiger partial charge >= 0.3 is 0 Å². The number of aryl methyl sites for hydroxylation is 1. The Labute approximate surface area is 242 Å². The molecular formula is C30H23BrN8O2. The number of anilines is 1. The molecule has 4 aromatic heterocycles. The van der Waals surface area contributed by atoms with Crippen LogP contribution in [0.2, 0.25) is 0 Å². The van der Waals surface area contributed by atoms with Crippen molar-refractivity contribution in [2.24, 2.45) is 7.05 Å². The van der Waals surface area contributed by atoms with Gasteiger partial charge in [-0.15, -0.1) is 5.10 Å². The predicted octanol–water partition coefficient (Wildman–Crippen LogP) is 4.00. The smallest absolute Gasteiger partial charge is 0.264 e. The van der Waals surface area contributed by atoms with Crippen LogP contribution in [-0.4, -0.2) is 34.9 Å². The van der Waals surface area contributed by atoms with Crippen LogP contribution in [0.4, 0.5) is 5.82 Å². The predicted molar refractivity (Wildman–Crippen MR) is 160 cm³/mol. The summed E-state index contributed by atoms with van der Waals surface area (Å²) in [7, 11) is 1.82. The molecule has 2 aromatic carbocycles. The number of amides is 1. The maximum Gasteiger partial charge on any atom is 0.264 e. The highest BCUT2D eigenvalue weighted by molar-refractivity contribution is 9.10. The van der Waals surface area contributed by atoms with Crippen molar-refractivity contribution in [2.45, 2.75) is 13.0 Å². The molecule has 1 atom stereocenters. The molecule has 0 spiro atoms. The van der Waals surface area contributed by atoms with Gasteiger partial charge in [0.15, 0.2) is 11.5 Å². The summed E-state index contributed by atoms with van der Waals surface area (Å²) in [4.78, 5) is 32.1. The molecule has 0 bridgehead atoms. The molecule has 11 heteroatoms. The average molecular weight is 607 g/mol. The van der Waals surface area contributed by atoms with Crippen LogP contribution in [0.1, 0.15) is 40.1 Å². The maximum absolute atomic E-state index is 14.3. The molecule has 41 heavy (non-hydrogen) atoms. The lowest BCUT2D eigenvalue weighted by Crippen LogP contribution is -2.33. The van der Waals surface area contributed by atoms with Gasteiger partial charge in [0.25, 0.3) is 11.5 Å². The van der Waals surface area contributed by atoms with E-state index in [9.17, 15) is 9.59 Å². The lowest BCUT2D eigenvalue weighted by Gasteiger charge is -2.23. The number of halogens is 1. The molecule has 4 heterocycles. The highest BCUT2D eigenvalue weighted by Crippen LogP contribution is 2.33. The van der Waals surface area contributed by atoms with E-state index in [1.807, 2.05) is 68.7 Å². The van der Waals surface area contributed by atoms with E-state index in [1.54, 1.807) is 33.9 Å². The van der Waals surface area contributed by atoms with Crippen molar-refractivity contribution in [3.63, 3.8) is 0 Å². The maximum atomic E-state index is 14.3. The van der Waals surface area contributed by atoms with Crippen LogP contribution in [0.25, 0.3) is 22.1 Å². The molecule has 0 saturated carbocycles. The van der Waals surface area contributed by atoms with Gasteiger partial charge in [-0.3, -0.25) is 18.8 Å². The molecule has 0 aliphatic carbocycles. The Morgan fingerprint density at radius 3 is 2.66 bits per heavy atom. The van der Waals surface area contributed by atoms with Crippen molar-refractivity contribution in [3.8, 4) is 17.5 Å². The summed E-state index contributed by atoms with van der Waals surface area (Å²) in [6.07, 6.45) is 6.72. The molecule has 0 fully saturated rings. The Kier molecular flexibility index (Phi) is 6.61. The van der Waals surface area contributed by atoms with Crippen molar-refractivity contribution in [3.05, 3.63) is 117 Å². The Morgan fingerprint density at radius 1 is 1.10 bits per heavy atom. The number of hydrogen-bond donors (Lipinski definition) is 2. The van der Waals surface area contributed by atoms with Crippen molar-refractivity contribution < 1.29 is 4.79 Å². The third-order valence-corrected chi connectivity index (χ3v) is 7.49. The number of aromatic nitrogens is 6. The number of rotatable bonds is 4. The monoisotopic (exact) mass is 606 g/mol. The molecule has 6 aromatic rings. The fraction of sp³-hybridized carbons (Fsp3) is 0.100. The van der Waals surface area contributed by atoms with E-state index < -0.39 is 11.9 Å². The Bertz CT molecular complexity index is 2080. The Hall–Kier alpha value is -5.21. The minimum absolute atomic E-state index is 0.0586. The molecule has 0 radical (unpaired) electrons. The number of nitrogens with zero attached hydrogens (tertiary/aromatic N) is 6. The van der Waals surface area contributed by atoms with Crippen LogP contribution >= 0.6 is 15.9 Å². The van der Waals surface area contributed by atoms with Crippen LogP contribution in [0.5, 0.6) is 0 Å². The number of benzene rings is 2. The van der Waals surface area contributed by atoms with Crippen LogP contribution in [0.15, 0.2) is 88.7 Å². The number of nitrogens with two attached hydrogens (primary N) is 1. The average Bonchev–Trinajstić information content (AvgIpc) is 3.55. The van der Waals surface area contributed by atoms with Crippen molar-refractivity contribution in [1.82, 2.24) is 34.3 Å². The number of pyridine rings is 1. The first-order valence-electron chi connectivity index (χ1n) is 12.7. The fourth-order valence-corrected chi connectivity index (χ4v) is 5.68. The summed E-state index contributed by atoms with van der Waals surface area (Å²) in [5.41, 5.74) is 8.84. The zero-order valence-electron chi connectivity index (χ0n) is 22.0. The summed E-state index contributed by atoms with van der Waals surface area (Å²) in [5, 5.41) is 12.5. The third-order valence-electron chi connectivity index (χ3n) is 6.65. The van der Waals surface area contributed by atoms with Crippen LogP contribution < -0.4 is 16.6 Å². The van der Waals surface area contributed by atoms with E-state index in [0.717, 1.165) is 5.56 Å². The second-order valence-corrected chi connectivity index (χ2v) is 10.2. The van der Waals surface area contributed by atoms with Gasteiger partial charge < -0.3 is 11.1 Å². The largest absolute Gasteiger partial charge is 0.381 e. The number of carbonyl (C=O) groups is 1. The first-order valence-corrected chi connectivity index (χ1v) is 13.5. The molecule has 1 amide bonds. The van der Waals surface area contributed by atoms with E-state index in [0.29, 0.717) is 37.8 Å². The molecule has 6 rings (SSSR count). The van der Waals surface area contributed by atoms with Crippen LogP contribution in [0, 0.1) is 11.8 Å². The molecule has 0 unspecified atom stereocenters. The summed E-state index contributed by atoms with van der Waals surface area (Å²) in [6, 6.07) is 15.9. The lowest BCUT2D eigenvalue weighted by atomic mass is 10.0. The van der Waals surface area contributed by atoms with E-state index in [1.165, 1.54) is 4.52 Å². The third kappa shape index (κ3) is 4.64. The minimum atomic E-state index is -0.627. The number of hydrogen-bond acceptors (Lipinski definition) is 6. The number of nitrogen functional groups attached to an aromatic ring is 1. The van der Waals surface area contributed by atoms with Crippen molar-refractivity contribution in [2.75, 3.05) is 5.73 Å². The SMILES string of the molecule is C[C@H](NC(=O)c1c(N)nn2cccnc12)c1c(Br)c2cccc(C#Cc3cnn(C)c3)c2c(=O)n1-c1ccccc1. The first kappa shape index (κ1) is 26.0. The topological polar surface area (TPSA) is 125 Å². The molecule has 3 N–H and O–H groups in total. The van der Waals surface area contributed by atoms with Crippen LogP contribution in [-0.2, 0) is 7.05 Å². The molecule has 0 saturated heterocycles. The first-order chi connectivity index (χ1) is 19.8. The lowest BCUT2D eigenvalue weighted by molar-refractivity contribution is 0.0941. The summed E-state index contributed by atoms with van der Waals surface area (Å²) in [5.74, 6) is 5.85. The van der Waals surface area contributed by atoms with Crippen LogP contribution in [0.3, 0.4) is 0 Å². The quantitative estimate of drug-likeness (QED) is 0.292. The van der Waals surface area contributed by atoms with Crippen molar-refractivity contribution >= 4 is 44.1 Å². The molecule has 0 aliphatic heterocycles. The molecule has 202 valence electrons. The van der Waals surface area contributed by atoms with Gasteiger partial charge in [-0.05, 0) is 47.1 Å². The van der Waals surface area contributed by atoms with E-state index in [4.69, 9.17) is 5.73 Å². The minimum Gasteiger partial charge on any atom is -0.381 e. The van der Waals surface area contributed by atoms with Gasteiger partial charge in [-0.1, -0.05) is 42.2 Å². The van der Waals surface area contributed by atoms with E-state index >= 15 is 0 Å². The number of para-hydroxylation sites is 1. The normalized spacial score (nSPS) is 11.8. The molecule has 10 nitrogen and oxygen atoms in total. The number of carbonyl (C=O) groups excluding carboxylic acids is 1. The van der Waals surface area contributed by atoms with Gasteiger partial charge in [0.1, 0.15) is 5.56 Å². The van der Waals surface area contributed by atoms with E-state index in [2.05, 4.69) is 48.3 Å². The fourth-order valence-electron chi connectivity index (χ4n) is 4.83. The molecular weight excluding hydrogens is 584 g/mol. The summed E-state index contributed by atoms with van der Waals surface area (Å²) < 4.78 is 5.38. The second-order valence-electron chi connectivity index (χ2n) is 9.40. The van der Waals surface area contributed by atoms with Gasteiger partial charge in [0.05, 0.1) is 28.9 Å². The number of fused-ring (bicyclic) bond motifs is 2. The Balaban J connectivity index is 1.52. The number of nitrogens with one attached hydrogen (secondary N) is 1. The Morgan fingerprint density at radius 2 is 1.90 bits per heavy atom. The van der Waals surface area contributed by atoms with Gasteiger partial charge in [0, 0.05) is 46.7 Å². The summed E-state index contributed by atoms with van der Waals surface area (Å²) in [6.45, 7) is 1.81. The van der Waals surface area contributed by atoms with Crippen molar-refractivity contribution in [1.29, 1.82) is 0 Å². The van der Waals surface area contributed by atoms with Gasteiger partial charge in [0.2, 0.25) is 0 Å². The second kappa shape index (κ2) is 10.4. The highest BCUT2D eigenvalue weighted by atomic mass is 79.9. The summed E-state index contributed by atoms with van der Waals surface area (Å²) >= 11 is 3.77.